The Balaban J connectivity index is 0. The van der Waals surface area contributed by atoms with Crippen LogP contribution in [0.5, 0.6) is 0 Å². The van der Waals surface area contributed by atoms with E-state index in [1.807, 2.05) is 0 Å². The summed E-state index contributed by atoms with van der Waals surface area (Å²) in [4.78, 5) is 0. The van der Waals surface area contributed by atoms with Crippen molar-refractivity contribution in [3.63, 3.8) is 0 Å². The molecule has 0 saturated carbocycles. The quantitative estimate of drug-likeness (QED) is 0.295. The van der Waals surface area contributed by atoms with E-state index in [1.165, 1.54) is 49.3 Å². The van der Waals surface area contributed by atoms with Crippen LogP contribution in [0.1, 0.15) is 49.9 Å². The standard InChI is InChI=1S/C26H33Si.3ClH.Ti/c1-17-10-11-25(20(4)13-17)27(9,24-14-18(2)12-19(3)15-24)26(8)16-21(5)22(6)23(26)7;;;;/h10-15H,1-9H3;3*1H;/q-1;;;;+4/p-3. The molecule has 0 spiro atoms. The normalized spacial score (nSPS) is 19.2. The van der Waals surface area contributed by atoms with Crippen LogP contribution in [0.25, 0.3) is 0 Å². The first-order chi connectivity index (χ1) is 12.5. The number of aryl methyl sites for hydroxylation is 4. The molecular weight excluding hydrogens is 495 g/mol. The van der Waals surface area contributed by atoms with E-state index in [1.54, 1.807) is 0 Å². The van der Waals surface area contributed by atoms with E-state index in [2.05, 4.69) is 104 Å². The van der Waals surface area contributed by atoms with Gasteiger partial charge in [0, 0.05) is 0 Å². The molecule has 0 fully saturated rings. The monoisotopic (exact) mass is 526 g/mol. The van der Waals surface area contributed by atoms with Gasteiger partial charge in [-0.1, -0.05) is 101 Å². The fourth-order valence-electron chi connectivity index (χ4n) is 5.07. The maximum absolute atomic E-state index is 3.95. The van der Waals surface area contributed by atoms with Crippen LogP contribution < -0.4 is 47.6 Å². The predicted molar refractivity (Wildman–Crippen MR) is 122 cm³/mol. The van der Waals surface area contributed by atoms with E-state index < -0.39 is 8.07 Å². The largest absolute Gasteiger partial charge is 4.00 e. The van der Waals surface area contributed by atoms with Gasteiger partial charge in [-0.05, 0) is 27.7 Å². The van der Waals surface area contributed by atoms with Gasteiger partial charge in [0.1, 0.15) is 8.07 Å². The van der Waals surface area contributed by atoms with Crippen LogP contribution in [0.3, 0.4) is 0 Å². The van der Waals surface area contributed by atoms with Gasteiger partial charge in [-0.15, -0.1) is 6.92 Å². The zero-order valence-electron chi connectivity index (χ0n) is 20.1. The molecule has 0 radical (unpaired) electrons. The molecule has 0 saturated heterocycles. The Morgan fingerprint density at radius 3 is 1.68 bits per heavy atom. The Kier molecular flexibility index (Phi) is 12.4. The number of hydrogen-bond donors (Lipinski definition) is 0. The fourth-order valence-corrected chi connectivity index (χ4v) is 10.2. The Morgan fingerprint density at radius 1 is 0.742 bits per heavy atom. The van der Waals surface area contributed by atoms with E-state index >= 15 is 0 Å². The first kappa shape index (κ1) is 32.9. The van der Waals surface area contributed by atoms with E-state index in [9.17, 15) is 0 Å². The molecule has 0 bridgehead atoms. The van der Waals surface area contributed by atoms with Crippen LogP contribution in [0.4, 0.5) is 0 Å². The van der Waals surface area contributed by atoms with E-state index in [0.717, 1.165) is 0 Å². The molecule has 166 valence electrons. The molecule has 31 heavy (non-hydrogen) atoms. The Hall–Kier alpha value is -0.279. The minimum absolute atomic E-state index is 0. The zero-order valence-corrected chi connectivity index (χ0v) is 24.9. The summed E-state index contributed by atoms with van der Waals surface area (Å²) in [6.45, 7) is 20.7. The summed E-state index contributed by atoms with van der Waals surface area (Å²) in [5, 5.41) is 3.01. The molecule has 1 aliphatic rings. The maximum atomic E-state index is 3.95. The molecule has 2 unspecified atom stereocenters. The molecule has 0 amide bonds. The summed E-state index contributed by atoms with van der Waals surface area (Å²) < 4.78 is 0. The summed E-state index contributed by atoms with van der Waals surface area (Å²) in [5.74, 6) is 0. The first-order valence-corrected chi connectivity index (χ1v) is 12.5. The van der Waals surface area contributed by atoms with Crippen molar-refractivity contribution in [1.82, 2.24) is 0 Å². The molecule has 0 nitrogen and oxygen atoms in total. The maximum Gasteiger partial charge on any atom is 4.00 e. The van der Waals surface area contributed by atoms with Gasteiger partial charge >= 0.3 is 21.7 Å². The second-order valence-corrected chi connectivity index (χ2v) is 13.3. The van der Waals surface area contributed by atoms with Crippen molar-refractivity contribution < 1.29 is 58.9 Å². The van der Waals surface area contributed by atoms with Gasteiger partial charge in [0.25, 0.3) is 0 Å². The molecule has 0 aliphatic heterocycles. The van der Waals surface area contributed by atoms with E-state index in [-0.39, 0.29) is 64.0 Å². The van der Waals surface area contributed by atoms with Crippen LogP contribution >= 0.6 is 0 Å². The first-order valence-electron chi connectivity index (χ1n) is 9.97. The van der Waals surface area contributed by atoms with Crippen LogP contribution in [0, 0.1) is 33.8 Å². The van der Waals surface area contributed by atoms with Gasteiger partial charge in [0.2, 0.25) is 0 Å². The summed E-state index contributed by atoms with van der Waals surface area (Å²) in [5.41, 5.74) is 9.70. The average molecular weight is 528 g/mol. The van der Waals surface area contributed by atoms with Gasteiger partial charge in [-0.25, -0.2) is 5.57 Å². The number of rotatable bonds is 3. The molecule has 0 N–H and O–H groups in total. The zero-order chi connectivity index (χ0) is 20.1. The molecule has 0 aromatic heterocycles. The summed E-state index contributed by atoms with van der Waals surface area (Å²) in [7, 11) is -2.16. The minimum Gasteiger partial charge on any atom is -1.00 e. The third-order valence-electron chi connectivity index (χ3n) is 7.03. The smallest absolute Gasteiger partial charge is 1.00 e. The topological polar surface area (TPSA) is 0 Å². The van der Waals surface area contributed by atoms with Crippen molar-refractivity contribution in [3.05, 3.63) is 81.4 Å². The molecule has 2 aromatic rings. The average Bonchev–Trinajstić information content (AvgIpc) is 2.77. The van der Waals surface area contributed by atoms with Gasteiger partial charge in [-0.2, -0.15) is 11.1 Å². The van der Waals surface area contributed by atoms with Crippen molar-refractivity contribution in [2.45, 2.75) is 67.0 Å². The number of allylic oxidation sites excluding steroid dienone is 4. The molecular formula is C26H33Cl3SiTi. The van der Waals surface area contributed by atoms with Crippen LogP contribution in [-0.2, 0) is 21.7 Å². The Labute approximate surface area is 224 Å². The van der Waals surface area contributed by atoms with Crippen LogP contribution in [-0.4, -0.2) is 8.07 Å². The number of hydrogen-bond acceptors (Lipinski definition) is 0. The Bertz CT molecular complexity index is 976. The molecule has 5 heteroatoms. The van der Waals surface area contributed by atoms with Crippen molar-refractivity contribution in [3.8, 4) is 0 Å². The van der Waals surface area contributed by atoms with Crippen molar-refractivity contribution in [2.24, 2.45) is 0 Å². The summed E-state index contributed by atoms with van der Waals surface area (Å²) in [6.07, 6.45) is 3.95. The molecule has 2 aromatic carbocycles. The second kappa shape index (κ2) is 11.7. The van der Waals surface area contributed by atoms with Crippen molar-refractivity contribution in [1.29, 1.82) is 0 Å². The van der Waals surface area contributed by atoms with Crippen molar-refractivity contribution >= 4 is 18.4 Å². The van der Waals surface area contributed by atoms with Gasteiger partial charge in [0.05, 0.1) is 0 Å². The van der Waals surface area contributed by atoms with E-state index in [4.69, 9.17) is 0 Å². The minimum atomic E-state index is -2.16. The van der Waals surface area contributed by atoms with E-state index in [0.29, 0.717) is 0 Å². The third-order valence-corrected chi connectivity index (χ3v) is 12.6. The molecule has 1 aliphatic carbocycles. The Morgan fingerprint density at radius 2 is 1.26 bits per heavy atom. The summed E-state index contributed by atoms with van der Waals surface area (Å²) >= 11 is 0. The summed E-state index contributed by atoms with van der Waals surface area (Å²) in [6, 6.07) is 14.2. The molecule has 3 rings (SSSR count). The number of benzene rings is 2. The van der Waals surface area contributed by atoms with Crippen LogP contribution in [0.2, 0.25) is 11.6 Å². The molecule has 0 heterocycles. The van der Waals surface area contributed by atoms with Crippen molar-refractivity contribution in [2.75, 3.05) is 0 Å². The SMILES string of the molecule is CC1=[C-]C(C)([Si](C)(c2cc(C)cc(C)c2)c2ccc(C)cc2C)C(C)=C1C.[Cl-].[Cl-].[Cl-].[Ti+4]. The molecule has 2 atom stereocenters. The van der Waals surface area contributed by atoms with Gasteiger partial charge in [0.15, 0.2) is 0 Å². The second-order valence-electron chi connectivity index (χ2n) is 8.94. The fraction of sp³-hybridized carbons (Fsp3) is 0.385. The van der Waals surface area contributed by atoms with Gasteiger partial charge in [-0.3, -0.25) is 6.08 Å². The third kappa shape index (κ3) is 5.45. The number of halogens is 3. The predicted octanol–water partition coefficient (Wildman–Crippen LogP) is -3.02. The van der Waals surface area contributed by atoms with Gasteiger partial charge < -0.3 is 37.2 Å². The van der Waals surface area contributed by atoms with Crippen LogP contribution in [0.15, 0.2) is 53.1 Å².